The number of nitrogens with zero attached hydrogens (tertiary/aromatic N) is 3. The minimum absolute atomic E-state index is 0.0914. The van der Waals surface area contributed by atoms with Crippen LogP contribution in [0.15, 0.2) is 42.5 Å². The van der Waals surface area contributed by atoms with E-state index in [4.69, 9.17) is 14.7 Å². The van der Waals surface area contributed by atoms with E-state index in [1.54, 1.807) is 23.1 Å². The molecule has 0 bridgehead atoms. The Balaban J connectivity index is 2.00. The number of nitriles is 1. The van der Waals surface area contributed by atoms with Crippen molar-refractivity contribution in [2.75, 3.05) is 39.3 Å². The molecule has 0 aliphatic carbocycles. The molecule has 0 saturated heterocycles. The van der Waals surface area contributed by atoms with Crippen molar-refractivity contribution < 1.29 is 14.3 Å². The summed E-state index contributed by atoms with van der Waals surface area (Å²) >= 11 is 0. The molecule has 0 atom stereocenters. The Morgan fingerprint density at radius 1 is 1.11 bits per heavy atom. The maximum absolute atomic E-state index is 12.5. The molecule has 27 heavy (non-hydrogen) atoms. The quantitative estimate of drug-likeness (QED) is 0.717. The number of hydrogen-bond acceptors (Lipinski definition) is 5. The molecule has 0 fully saturated rings. The maximum Gasteiger partial charge on any atom is 0.260 e. The maximum atomic E-state index is 12.5. The van der Waals surface area contributed by atoms with Gasteiger partial charge in [0.2, 0.25) is 0 Å². The van der Waals surface area contributed by atoms with Crippen molar-refractivity contribution in [1.29, 1.82) is 5.26 Å². The third kappa shape index (κ3) is 5.38. The van der Waals surface area contributed by atoms with Crippen molar-refractivity contribution in [2.24, 2.45) is 0 Å². The average Bonchev–Trinajstić information content (AvgIpc) is 2.70. The Morgan fingerprint density at radius 2 is 1.81 bits per heavy atom. The summed E-state index contributed by atoms with van der Waals surface area (Å²) in [6, 6.07) is 15.0. The molecule has 0 heterocycles. The lowest BCUT2D eigenvalue weighted by atomic mass is 10.2. The van der Waals surface area contributed by atoms with E-state index in [2.05, 4.69) is 0 Å². The first-order valence-corrected chi connectivity index (χ1v) is 8.73. The molecule has 0 N–H and O–H groups in total. The van der Waals surface area contributed by atoms with Crippen LogP contribution >= 0.6 is 0 Å². The molecular formula is C21H25N3O3. The van der Waals surface area contributed by atoms with Gasteiger partial charge in [-0.25, -0.2) is 0 Å². The van der Waals surface area contributed by atoms with Crippen LogP contribution in [0.3, 0.4) is 0 Å². The Morgan fingerprint density at radius 3 is 2.37 bits per heavy atom. The number of methoxy groups -OCH3 is 1. The van der Waals surface area contributed by atoms with E-state index in [-0.39, 0.29) is 12.5 Å². The molecule has 0 aromatic heterocycles. The van der Waals surface area contributed by atoms with Gasteiger partial charge < -0.3 is 19.3 Å². The molecule has 142 valence electrons. The van der Waals surface area contributed by atoms with Gasteiger partial charge in [-0.1, -0.05) is 12.1 Å². The lowest BCUT2D eigenvalue weighted by Crippen LogP contribution is -2.34. The summed E-state index contributed by atoms with van der Waals surface area (Å²) in [5, 5.41) is 8.95. The third-order valence-corrected chi connectivity index (χ3v) is 4.20. The van der Waals surface area contributed by atoms with Crippen LogP contribution in [0.5, 0.6) is 11.5 Å². The number of anilines is 1. The van der Waals surface area contributed by atoms with Crippen molar-refractivity contribution in [2.45, 2.75) is 13.5 Å². The highest BCUT2D eigenvalue weighted by Crippen LogP contribution is 2.27. The third-order valence-electron chi connectivity index (χ3n) is 4.20. The van der Waals surface area contributed by atoms with Crippen LogP contribution in [0.2, 0.25) is 0 Å². The minimum atomic E-state index is -0.111. The Hall–Kier alpha value is -3.20. The van der Waals surface area contributed by atoms with Crippen LogP contribution in [-0.4, -0.2) is 45.2 Å². The fourth-order valence-corrected chi connectivity index (χ4v) is 2.58. The molecular weight excluding hydrogens is 342 g/mol. The van der Waals surface area contributed by atoms with Gasteiger partial charge in [-0.15, -0.1) is 0 Å². The minimum Gasteiger partial charge on any atom is -0.493 e. The lowest BCUT2D eigenvalue weighted by Gasteiger charge is -2.22. The highest BCUT2D eigenvalue weighted by Gasteiger charge is 2.15. The summed E-state index contributed by atoms with van der Waals surface area (Å²) in [5.74, 6) is 0.765. The van der Waals surface area contributed by atoms with Crippen LogP contribution in [0.1, 0.15) is 18.1 Å². The second-order valence-corrected chi connectivity index (χ2v) is 6.23. The predicted molar refractivity (Wildman–Crippen MR) is 105 cm³/mol. The van der Waals surface area contributed by atoms with Gasteiger partial charge in [-0.05, 0) is 36.8 Å². The first-order valence-electron chi connectivity index (χ1n) is 8.73. The van der Waals surface area contributed by atoms with Crippen LogP contribution in [0.25, 0.3) is 0 Å². The molecule has 0 aliphatic rings. The van der Waals surface area contributed by atoms with E-state index < -0.39 is 0 Å². The summed E-state index contributed by atoms with van der Waals surface area (Å²) in [6.07, 6.45) is 0. The van der Waals surface area contributed by atoms with Crippen molar-refractivity contribution in [1.82, 2.24) is 4.90 Å². The summed E-state index contributed by atoms with van der Waals surface area (Å²) in [7, 11) is 5.48. The molecule has 6 nitrogen and oxygen atoms in total. The molecule has 1 amide bonds. The van der Waals surface area contributed by atoms with Crippen molar-refractivity contribution in [3.8, 4) is 17.6 Å². The zero-order chi connectivity index (χ0) is 19.8. The molecule has 0 saturated carbocycles. The van der Waals surface area contributed by atoms with Gasteiger partial charge in [0, 0.05) is 38.9 Å². The highest BCUT2D eigenvalue weighted by molar-refractivity contribution is 5.78. The van der Waals surface area contributed by atoms with Crippen LogP contribution in [0.4, 0.5) is 5.69 Å². The van der Waals surface area contributed by atoms with E-state index in [9.17, 15) is 4.79 Å². The number of amides is 1. The van der Waals surface area contributed by atoms with Gasteiger partial charge in [0.1, 0.15) is 0 Å². The fourth-order valence-electron chi connectivity index (χ4n) is 2.58. The predicted octanol–water partition coefficient (Wildman–Crippen LogP) is 3.06. The number of carbonyl (C=O) groups is 1. The second kappa shape index (κ2) is 9.48. The van der Waals surface area contributed by atoms with Gasteiger partial charge in [-0.3, -0.25) is 4.79 Å². The summed E-state index contributed by atoms with van der Waals surface area (Å²) in [4.78, 5) is 16.3. The van der Waals surface area contributed by atoms with Crippen molar-refractivity contribution in [3.05, 3.63) is 53.6 Å². The van der Waals surface area contributed by atoms with Gasteiger partial charge >= 0.3 is 0 Å². The molecule has 6 heteroatoms. The number of ether oxygens (including phenoxy) is 2. The van der Waals surface area contributed by atoms with E-state index in [0.29, 0.717) is 30.2 Å². The summed E-state index contributed by atoms with van der Waals surface area (Å²) in [5.41, 5.74) is 2.65. The zero-order valence-corrected chi connectivity index (χ0v) is 16.2. The molecule has 0 unspecified atom stereocenters. The monoisotopic (exact) mass is 367 g/mol. The normalized spacial score (nSPS) is 10.0. The van der Waals surface area contributed by atoms with Gasteiger partial charge in [0.15, 0.2) is 18.1 Å². The van der Waals surface area contributed by atoms with Crippen molar-refractivity contribution in [3.63, 3.8) is 0 Å². The zero-order valence-electron chi connectivity index (χ0n) is 16.2. The Bertz CT molecular complexity index is 810. The van der Waals surface area contributed by atoms with Crippen LogP contribution < -0.4 is 14.4 Å². The Labute approximate surface area is 160 Å². The van der Waals surface area contributed by atoms with Gasteiger partial charge in [0.05, 0.1) is 18.7 Å². The topological polar surface area (TPSA) is 65.8 Å². The van der Waals surface area contributed by atoms with E-state index in [1.165, 1.54) is 7.11 Å². The van der Waals surface area contributed by atoms with E-state index in [0.717, 1.165) is 11.3 Å². The fraction of sp³-hybridized carbons (Fsp3) is 0.333. The molecule has 0 aliphatic heterocycles. The number of benzene rings is 2. The standard InChI is InChI=1S/C21H25N3O3/c1-5-24(14-16-6-9-18(10-7-16)23(2)3)21(25)15-27-19-11-8-17(13-22)12-20(19)26-4/h6-12H,5,14-15H2,1-4H3. The van der Waals surface area contributed by atoms with Crippen LogP contribution in [-0.2, 0) is 11.3 Å². The molecule has 2 aromatic carbocycles. The van der Waals surface area contributed by atoms with E-state index >= 15 is 0 Å². The Kier molecular flexibility index (Phi) is 7.07. The molecule has 0 radical (unpaired) electrons. The molecule has 0 spiro atoms. The summed E-state index contributed by atoms with van der Waals surface area (Å²) < 4.78 is 10.9. The number of likely N-dealkylation sites (N-methyl/N-ethyl adjacent to an activating group) is 1. The van der Waals surface area contributed by atoms with Crippen molar-refractivity contribution >= 4 is 11.6 Å². The number of carbonyl (C=O) groups excluding carboxylic acids is 1. The average molecular weight is 367 g/mol. The highest BCUT2D eigenvalue weighted by atomic mass is 16.5. The SMILES string of the molecule is CCN(Cc1ccc(N(C)C)cc1)C(=O)COc1ccc(C#N)cc1OC. The first-order chi connectivity index (χ1) is 13.0. The summed E-state index contributed by atoms with van der Waals surface area (Å²) in [6.45, 7) is 2.96. The smallest absolute Gasteiger partial charge is 0.260 e. The molecule has 2 aromatic rings. The largest absolute Gasteiger partial charge is 0.493 e. The molecule has 2 rings (SSSR count). The van der Waals surface area contributed by atoms with Gasteiger partial charge in [-0.2, -0.15) is 5.26 Å². The lowest BCUT2D eigenvalue weighted by molar-refractivity contribution is -0.133. The first kappa shape index (κ1) is 20.1. The van der Waals surface area contributed by atoms with E-state index in [1.807, 2.05) is 56.3 Å². The second-order valence-electron chi connectivity index (χ2n) is 6.23. The number of rotatable bonds is 8. The van der Waals surface area contributed by atoms with Gasteiger partial charge in [0.25, 0.3) is 5.91 Å². The number of hydrogen-bond donors (Lipinski definition) is 0. The van der Waals surface area contributed by atoms with Crippen LogP contribution in [0, 0.1) is 11.3 Å².